The van der Waals surface area contributed by atoms with Crippen molar-refractivity contribution in [1.29, 1.82) is 0 Å². The third kappa shape index (κ3) is 2.17. The Labute approximate surface area is 114 Å². The average Bonchev–Trinajstić information content (AvgIpc) is 3.21. The number of nitrogens with zero attached hydrogens (tertiary/aromatic N) is 3. The highest BCUT2D eigenvalue weighted by Gasteiger charge is 2.31. The van der Waals surface area contributed by atoms with Gasteiger partial charge in [0.25, 0.3) is 0 Å². The van der Waals surface area contributed by atoms with Crippen LogP contribution in [0.1, 0.15) is 55.8 Å². The molecule has 4 heteroatoms. The molecule has 2 fully saturated rings. The summed E-state index contributed by atoms with van der Waals surface area (Å²) in [6.07, 6.45) is 9.01. The van der Waals surface area contributed by atoms with Gasteiger partial charge in [-0.2, -0.15) is 0 Å². The molecule has 1 saturated heterocycles. The first-order valence-electron chi connectivity index (χ1n) is 7.81. The molecular formula is C15H22N4. The van der Waals surface area contributed by atoms with E-state index in [0.29, 0.717) is 5.92 Å². The summed E-state index contributed by atoms with van der Waals surface area (Å²) in [6, 6.07) is 0. The van der Waals surface area contributed by atoms with Gasteiger partial charge in [-0.1, -0.05) is 12.8 Å². The van der Waals surface area contributed by atoms with Crippen LogP contribution in [0.5, 0.6) is 0 Å². The lowest BCUT2D eigenvalue weighted by molar-refractivity contribution is 0.726. The summed E-state index contributed by atoms with van der Waals surface area (Å²) in [6.45, 7) is 3.38. The molecule has 1 saturated carbocycles. The molecule has 1 aromatic heterocycles. The molecule has 102 valence electrons. The van der Waals surface area contributed by atoms with Crippen LogP contribution < -0.4 is 10.2 Å². The maximum atomic E-state index is 4.95. The monoisotopic (exact) mass is 258 g/mol. The van der Waals surface area contributed by atoms with Crippen LogP contribution in [0.4, 0.5) is 11.6 Å². The molecule has 0 atom stereocenters. The molecule has 0 aromatic carbocycles. The fraction of sp³-hybridized carbons (Fsp3) is 0.733. The summed E-state index contributed by atoms with van der Waals surface area (Å²) in [4.78, 5) is 12.2. The topological polar surface area (TPSA) is 41.1 Å². The maximum absolute atomic E-state index is 4.95. The van der Waals surface area contributed by atoms with Crippen LogP contribution in [0.2, 0.25) is 0 Å². The van der Waals surface area contributed by atoms with E-state index in [0.717, 1.165) is 24.6 Å². The Bertz CT molecular complexity index is 473. The number of rotatable bonds is 2. The normalized spacial score (nSPS) is 22.8. The number of hydrogen-bond acceptors (Lipinski definition) is 4. The van der Waals surface area contributed by atoms with Crippen molar-refractivity contribution in [2.24, 2.45) is 0 Å². The van der Waals surface area contributed by atoms with Crippen molar-refractivity contribution in [2.75, 3.05) is 29.9 Å². The number of hydrogen-bond donors (Lipinski definition) is 1. The number of fused-ring (bicyclic) bond motifs is 1. The molecule has 0 amide bonds. The molecule has 0 radical (unpaired) electrons. The van der Waals surface area contributed by atoms with Gasteiger partial charge < -0.3 is 10.2 Å². The van der Waals surface area contributed by atoms with E-state index in [1.165, 1.54) is 63.0 Å². The van der Waals surface area contributed by atoms with Gasteiger partial charge in [-0.25, -0.2) is 9.97 Å². The van der Waals surface area contributed by atoms with Crippen molar-refractivity contribution >= 4 is 11.6 Å². The largest absolute Gasteiger partial charge is 0.369 e. The van der Waals surface area contributed by atoms with E-state index in [4.69, 9.17) is 9.97 Å². The van der Waals surface area contributed by atoms with E-state index < -0.39 is 0 Å². The summed E-state index contributed by atoms with van der Waals surface area (Å²) in [5.41, 5.74) is 1.37. The predicted molar refractivity (Wildman–Crippen MR) is 76.9 cm³/mol. The first kappa shape index (κ1) is 11.5. The predicted octanol–water partition coefficient (Wildman–Crippen LogP) is 2.70. The third-order valence-electron chi connectivity index (χ3n) is 4.52. The molecule has 1 aliphatic carbocycles. The number of anilines is 2. The first-order chi connectivity index (χ1) is 9.42. The van der Waals surface area contributed by atoms with Gasteiger partial charge in [-0.15, -0.1) is 0 Å². The SMILES string of the molecule is C1CCCN(c2nc(C3CC3)nc3c2CCN3)CC1. The molecule has 0 bridgehead atoms. The fourth-order valence-electron chi connectivity index (χ4n) is 3.24. The van der Waals surface area contributed by atoms with Gasteiger partial charge in [0.2, 0.25) is 0 Å². The molecule has 0 unspecified atom stereocenters. The van der Waals surface area contributed by atoms with E-state index in [-0.39, 0.29) is 0 Å². The second-order valence-corrected chi connectivity index (χ2v) is 6.08. The molecule has 4 rings (SSSR count). The highest BCUT2D eigenvalue weighted by molar-refractivity contribution is 5.63. The molecule has 1 aromatic rings. The lowest BCUT2D eigenvalue weighted by atomic mass is 10.2. The Morgan fingerprint density at radius 3 is 2.53 bits per heavy atom. The van der Waals surface area contributed by atoms with Crippen molar-refractivity contribution in [2.45, 2.75) is 50.9 Å². The first-order valence-corrected chi connectivity index (χ1v) is 7.81. The van der Waals surface area contributed by atoms with Crippen molar-refractivity contribution in [1.82, 2.24) is 9.97 Å². The second-order valence-electron chi connectivity index (χ2n) is 6.08. The van der Waals surface area contributed by atoms with Crippen LogP contribution in [-0.2, 0) is 6.42 Å². The van der Waals surface area contributed by atoms with Crippen molar-refractivity contribution < 1.29 is 0 Å². The Kier molecular flexibility index (Phi) is 2.82. The van der Waals surface area contributed by atoms with Gasteiger partial charge in [-0.3, -0.25) is 0 Å². The molecule has 1 N–H and O–H groups in total. The van der Waals surface area contributed by atoms with Crippen molar-refractivity contribution in [3.63, 3.8) is 0 Å². The standard InChI is InChI=1S/C15H22N4/c1-2-4-10-19(9-3-1)15-12-7-8-16-14(12)17-13(18-15)11-5-6-11/h11H,1-10H2,(H,16,17,18). The molecule has 2 aliphatic heterocycles. The van der Waals surface area contributed by atoms with Crippen LogP contribution in [0, 0.1) is 0 Å². The Morgan fingerprint density at radius 1 is 1.00 bits per heavy atom. The van der Waals surface area contributed by atoms with Crippen LogP contribution in [0.25, 0.3) is 0 Å². The zero-order chi connectivity index (χ0) is 12.7. The van der Waals surface area contributed by atoms with Crippen LogP contribution >= 0.6 is 0 Å². The minimum absolute atomic E-state index is 0.637. The minimum Gasteiger partial charge on any atom is -0.369 e. The van der Waals surface area contributed by atoms with Crippen LogP contribution in [0.15, 0.2) is 0 Å². The van der Waals surface area contributed by atoms with Crippen LogP contribution in [-0.4, -0.2) is 29.6 Å². The summed E-state index contributed by atoms with van der Waals surface area (Å²) in [7, 11) is 0. The second kappa shape index (κ2) is 4.66. The molecular weight excluding hydrogens is 236 g/mol. The molecule has 19 heavy (non-hydrogen) atoms. The Hall–Kier alpha value is -1.32. The van der Waals surface area contributed by atoms with Gasteiger partial charge in [0.1, 0.15) is 17.5 Å². The van der Waals surface area contributed by atoms with Gasteiger partial charge in [-0.05, 0) is 32.1 Å². The number of nitrogens with one attached hydrogen (secondary N) is 1. The van der Waals surface area contributed by atoms with Gasteiger partial charge in [0.05, 0.1) is 0 Å². The highest BCUT2D eigenvalue weighted by atomic mass is 15.2. The molecule has 0 spiro atoms. The zero-order valence-electron chi connectivity index (χ0n) is 11.5. The van der Waals surface area contributed by atoms with E-state index in [2.05, 4.69) is 10.2 Å². The van der Waals surface area contributed by atoms with E-state index in [1.54, 1.807) is 0 Å². The smallest absolute Gasteiger partial charge is 0.137 e. The summed E-state index contributed by atoms with van der Waals surface area (Å²) < 4.78 is 0. The third-order valence-corrected chi connectivity index (χ3v) is 4.52. The van der Waals surface area contributed by atoms with Crippen LogP contribution in [0.3, 0.4) is 0 Å². The van der Waals surface area contributed by atoms with Crippen molar-refractivity contribution in [3.8, 4) is 0 Å². The average molecular weight is 258 g/mol. The van der Waals surface area contributed by atoms with E-state index in [1.807, 2.05) is 0 Å². The summed E-state index contributed by atoms with van der Waals surface area (Å²) in [5.74, 6) is 4.10. The van der Waals surface area contributed by atoms with Gasteiger partial charge >= 0.3 is 0 Å². The highest BCUT2D eigenvalue weighted by Crippen LogP contribution is 2.41. The van der Waals surface area contributed by atoms with Gasteiger partial charge in [0.15, 0.2) is 0 Å². The number of aromatic nitrogens is 2. The lowest BCUT2D eigenvalue weighted by Crippen LogP contribution is -2.26. The fourth-order valence-corrected chi connectivity index (χ4v) is 3.24. The molecule has 3 heterocycles. The minimum atomic E-state index is 0.637. The van der Waals surface area contributed by atoms with E-state index in [9.17, 15) is 0 Å². The van der Waals surface area contributed by atoms with E-state index >= 15 is 0 Å². The molecule has 4 nitrogen and oxygen atoms in total. The zero-order valence-corrected chi connectivity index (χ0v) is 11.5. The summed E-state index contributed by atoms with van der Waals surface area (Å²) >= 11 is 0. The van der Waals surface area contributed by atoms with Crippen molar-refractivity contribution in [3.05, 3.63) is 11.4 Å². The maximum Gasteiger partial charge on any atom is 0.137 e. The molecule has 3 aliphatic rings. The Morgan fingerprint density at radius 2 is 1.79 bits per heavy atom. The van der Waals surface area contributed by atoms with Gasteiger partial charge in [0, 0.05) is 31.1 Å². The Balaban J connectivity index is 1.72. The quantitative estimate of drug-likeness (QED) is 0.885. The lowest BCUT2D eigenvalue weighted by Gasteiger charge is -2.24. The summed E-state index contributed by atoms with van der Waals surface area (Å²) in [5, 5.41) is 3.44.